The number of para-hydroxylation sites is 1. The Labute approximate surface area is 165 Å². The van der Waals surface area contributed by atoms with E-state index in [0.29, 0.717) is 24.7 Å². The van der Waals surface area contributed by atoms with Gasteiger partial charge in [0, 0.05) is 31.1 Å². The van der Waals surface area contributed by atoms with Gasteiger partial charge in [0.1, 0.15) is 0 Å². The van der Waals surface area contributed by atoms with Crippen molar-refractivity contribution in [1.29, 1.82) is 0 Å². The Balaban J connectivity index is 1.23. The maximum atomic E-state index is 13.6. The molecule has 0 bridgehead atoms. The minimum absolute atomic E-state index is 0.298. The number of benzene rings is 2. The summed E-state index contributed by atoms with van der Waals surface area (Å²) >= 11 is 0. The third-order valence-electron chi connectivity index (χ3n) is 5.37. The summed E-state index contributed by atoms with van der Waals surface area (Å²) in [6.07, 6.45) is 2.92. The maximum Gasteiger partial charge on any atom is 0.165 e. The van der Waals surface area contributed by atoms with Crippen LogP contribution in [0, 0.1) is 5.82 Å². The van der Waals surface area contributed by atoms with Gasteiger partial charge in [0.05, 0.1) is 12.3 Å². The lowest BCUT2D eigenvalue weighted by Crippen LogP contribution is -2.23. The van der Waals surface area contributed by atoms with Crippen LogP contribution >= 0.6 is 0 Å². The number of hydrogen-bond acceptors (Lipinski definition) is 3. The van der Waals surface area contributed by atoms with Crippen LogP contribution in [0.2, 0.25) is 0 Å². The Morgan fingerprint density at radius 1 is 1.07 bits per heavy atom. The number of nitrogens with zero attached hydrogens (tertiary/aromatic N) is 2. The molecular formula is C23H26FN3O. The smallest absolute Gasteiger partial charge is 0.165 e. The van der Waals surface area contributed by atoms with Crippen LogP contribution in [0.1, 0.15) is 29.3 Å². The largest absolute Gasteiger partial charge is 0.490 e. The van der Waals surface area contributed by atoms with Crippen molar-refractivity contribution in [2.45, 2.75) is 25.2 Å². The van der Waals surface area contributed by atoms with Crippen molar-refractivity contribution < 1.29 is 9.13 Å². The van der Waals surface area contributed by atoms with Gasteiger partial charge in [-0.25, -0.2) is 4.39 Å². The molecule has 2 aromatic carbocycles. The van der Waals surface area contributed by atoms with Crippen LogP contribution in [0.25, 0.3) is 0 Å². The zero-order chi connectivity index (χ0) is 19.2. The summed E-state index contributed by atoms with van der Waals surface area (Å²) in [7, 11) is 0. The number of rotatable bonds is 8. The number of nitrogens with one attached hydrogen (secondary N) is 1. The van der Waals surface area contributed by atoms with Gasteiger partial charge >= 0.3 is 0 Å². The Morgan fingerprint density at radius 2 is 1.89 bits per heavy atom. The number of halogens is 1. The molecule has 1 fully saturated rings. The maximum absolute atomic E-state index is 13.6. The molecule has 1 aromatic heterocycles. The fourth-order valence-electron chi connectivity index (χ4n) is 3.76. The van der Waals surface area contributed by atoms with E-state index in [4.69, 9.17) is 4.74 Å². The molecule has 0 unspecified atom stereocenters. The van der Waals surface area contributed by atoms with E-state index >= 15 is 0 Å². The molecule has 0 saturated carbocycles. The predicted molar refractivity (Wildman–Crippen MR) is 108 cm³/mol. The van der Waals surface area contributed by atoms with Crippen LogP contribution in [0.3, 0.4) is 0 Å². The number of aromatic amines is 1. The molecule has 146 valence electrons. The molecule has 1 atom stereocenters. The Bertz CT molecular complexity index is 880. The van der Waals surface area contributed by atoms with Crippen molar-refractivity contribution in [3.63, 3.8) is 0 Å². The standard InChI is InChI=1S/C23H26FN3O/c24-21-8-4-5-9-23(21)28-15-12-20-16-22(26-25-20)19-11-14-27(17-19)13-10-18-6-2-1-3-7-18/h1-9,16,19H,10-15,17H2,(H,25,26)/t19-/m0/s1. The normalized spacial score (nSPS) is 17.1. The van der Waals surface area contributed by atoms with Crippen LogP contribution in [-0.2, 0) is 12.8 Å². The summed E-state index contributed by atoms with van der Waals surface area (Å²) < 4.78 is 19.1. The van der Waals surface area contributed by atoms with Crippen LogP contribution in [0.4, 0.5) is 4.39 Å². The Morgan fingerprint density at radius 3 is 2.75 bits per heavy atom. The van der Waals surface area contributed by atoms with Gasteiger partial charge in [-0.05, 0) is 43.1 Å². The van der Waals surface area contributed by atoms with Gasteiger partial charge < -0.3 is 9.64 Å². The summed E-state index contributed by atoms with van der Waals surface area (Å²) in [5.41, 5.74) is 3.56. The molecule has 0 radical (unpaired) electrons. The van der Waals surface area contributed by atoms with Gasteiger partial charge in [-0.1, -0.05) is 42.5 Å². The zero-order valence-electron chi connectivity index (χ0n) is 16.0. The molecule has 0 aliphatic carbocycles. The highest BCUT2D eigenvalue weighted by molar-refractivity contribution is 5.24. The molecule has 3 aromatic rings. The first-order valence-corrected chi connectivity index (χ1v) is 9.96. The molecule has 0 spiro atoms. The molecule has 4 rings (SSSR count). The average molecular weight is 379 g/mol. The number of ether oxygens (including phenoxy) is 1. The number of H-pyrrole nitrogens is 1. The van der Waals surface area contributed by atoms with Gasteiger partial charge in [0.25, 0.3) is 0 Å². The quantitative estimate of drug-likeness (QED) is 0.638. The van der Waals surface area contributed by atoms with Crippen LogP contribution < -0.4 is 4.74 Å². The average Bonchev–Trinajstić information content (AvgIpc) is 3.38. The fraction of sp³-hybridized carbons (Fsp3) is 0.348. The van der Waals surface area contributed by atoms with E-state index in [0.717, 1.165) is 43.9 Å². The summed E-state index contributed by atoms with van der Waals surface area (Å²) in [5.74, 6) is 0.453. The fourth-order valence-corrected chi connectivity index (χ4v) is 3.76. The Kier molecular flexibility index (Phi) is 6.02. The molecule has 5 heteroatoms. The van der Waals surface area contributed by atoms with E-state index in [2.05, 4.69) is 51.5 Å². The molecule has 2 heterocycles. The highest BCUT2D eigenvalue weighted by Gasteiger charge is 2.25. The van der Waals surface area contributed by atoms with E-state index < -0.39 is 0 Å². The third-order valence-corrected chi connectivity index (χ3v) is 5.37. The summed E-state index contributed by atoms with van der Waals surface area (Å²) in [6, 6.07) is 19.3. The number of likely N-dealkylation sites (tertiary alicyclic amines) is 1. The van der Waals surface area contributed by atoms with Crippen molar-refractivity contribution >= 4 is 0 Å². The first-order chi connectivity index (χ1) is 13.8. The van der Waals surface area contributed by atoms with Gasteiger partial charge in [-0.3, -0.25) is 5.10 Å². The second-order valence-corrected chi connectivity index (χ2v) is 7.37. The predicted octanol–water partition coefficient (Wildman–Crippen LogP) is 4.20. The molecular weight excluding hydrogens is 353 g/mol. The highest BCUT2D eigenvalue weighted by atomic mass is 19.1. The van der Waals surface area contributed by atoms with Crippen LogP contribution in [-0.4, -0.2) is 41.3 Å². The summed E-state index contributed by atoms with van der Waals surface area (Å²) in [4.78, 5) is 2.52. The van der Waals surface area contributed by atoms with Crippen molar-refractivity contribution in [2.75, 3.05) is 26.2 Å². The molecule has 28 heavy (non-hydrogen) atoms. The van der Waals surface area contributed by atoms with E-state index in [1.165, 1.54) is 11.6 Å². The minimum Gasteiger partial charge on any atom is -0.490 e. The second-order valence-electron chi connectivity index (χ2n) is 7.37. The van der Waals surface area contributed by atoms with E-state index in [1.54, 1.807) is 18.2 Å². The van der Waals surface area contributed by atoms with Gasteiger partial charge in [0.15, 0.2) is 11.6 Å². The zero-order valence-corrected chi connectivity index (χ0v) is 16.0. The monoisotopic (exact) mass is 379 g/mol. The van der Waals surface area contributed by atoms with Gasteiger partial charge in [-0.15, -0.1) is 0 Å². The van der Waals surface area contributed by atoms with Crippen LogP contribution in [0.5, 0.6) is 5.75 Å². The number of hydrogen-bond donors (Lipinski definition) is 1. The lowest BCUT2D eigenvalue weighted by Gasteiger charge is -2.15. The molecule has 1 aliphatic rings. The van der Waals surface area contributed by atoms with Gasteiger partial charge in [0.2, 0.25) is 0 Å². The second kappa shape index (κ2) is 9.02. The Hall–Kier alpha value is -2.66. The molecule has 1 saturated heterocycles. The number of aromatic nitrogens is 2. The first-order valence-electron chi connectivity index (χ1n) is 9.96. The molecule has 1 aliphatic heterocycles. The lowest BCUT2D eigenvalue weighted by molar-refractivity contribution is 0.304. The molecule has 4 nitrogen and oxygen atoms in total. The summed E-state index contributed by atoms with van der Waals surface area (Å²) in [6.45, 7) is 3.70. The first kappa shape index (κ1) is 18.7. The molecule has 1 N–H and O–H groups in total. The van der Waals surface area contributed by atoms with E-state index in [-0.39, 0.29) is 5.82 Å². The van der Waals surface area contributed by atoms with E-state index in [1.807, 2.05) is 0 Å². The van der Waals surface area contributed by atoms with Crippen molar-refractivity contribution in [2.24, 2.45) is 0 Å². The lowest BCUT2D eigenvalue weighted by atomic mass is 10.0. The van der Waals surface area contributed by atoms with Crippen molar-refractivity contribution in [3.8, 4) is 5.75 Å². The minimum atomic E-state index is -0.325. The topological polar surface area (TPSA) is 41.1 Å². The SMILES string of the molecule is Fc1ccccc1OCCc1cc([C@H]2CCN(CCc3ccccc3)C2)n[nH]1. The van der Waals surface area contributed by atoms with Crippen molar-refractivity contribution in [1.82, 2.24) is 15.1 Å². The van der Waals surface area contributed by atoms with Gasteiger partial charge in [-0.2, -0.15) is 5.10 Å². The molecule has 0 amide bonds. The summed E-state index contributed by atoms with van der Waals surface area (Å²) in [5, 5.41) is 7.63. The third kappa shape index (κ3) is 4.78. The van der Waals surface area contributed by atoms with Crippen LogP contribution in [0.15, 0.2) is 60.7 Å². The highest BCUT2D eigenvalue weighted by Crippen LogP contribution is 2.26. The van der Waals surface area contributed by atoms with E-state index in [9.17, 15) is 4.39 Å². The van der Waals surface area contributed by atoms with Crippen molar-refractivity contribution in [3.05, 3.63) is 83.4 Å².